The Labute approximate surface area is 102 Å². The van der Waals surface area contributed by atoms with Gasteiger partial charge in [0, 0.05) is 13.0 Å². The third kappa shape index (κ3) is 3.51. The van der Waals surface area contributed by atoms with Crippen LogP contribution in [0.25, 0.3) is 0 Å². The molecule has 0 amide bonds. The summed E-state index contributed by atoms with van der Waals surface area (Å²) in [4.78, 5) is 4.29. The first-order valence-electron chi connectivity index (χ1n) is 6.43. The van der Waals surface area contributed by atoms with Gasteiger partial charge in [-0.15, -0.1) is 0 Å². The number of nitrogens with zero attached hydrogens (tertiary/aromatic N) is 2. The predicted molar refractivity (Wildman–Crippen MR) is 63.5 cm³/mol. The first kappa shape index (κ1) is 12.5. The number of nitrogens with one attached hydrogen (secondary N) is 1. The molecular formula is C12H21N3O2. The molecule has 2 rings (SSSR count). The molecule has 1 aliphatic rings. The van der Waals surface area contributed by atoms with Gasteiger partial charge in [0.05, 0.1) is 6.10 Å². The quantitative estimate of drug-likeness (QED) is 0.844. The molecule has 5 nitrogen and oxygen atoms in total. The Morgan fingerprint density at radius 1 is 1.53 bits per heavy atom. The van der Waals surface area contributed by atoms with E-state index in [-0.39, 0.29) is 6.10 Å². The number of piperidine rings is 1. The molecule has 2 heterocycles. The van der Waals surface area contributed by atoms with Crippen molar-refractivity contribution in [2.45, 2.75) is 45.8 Å². The zero-order valence-corrected chi connectivity index (χ0v) is 10.6. The third-order valence-corrected chi connectivity index (χ3v) is 3.16. The van der Waals surface area contributed by atoms with Crippen LogP contribution < -0.4 is 5.32 Å². The van der Waals surface area contributed by atoms with Crippen molar-refractivity contribution in [2.75, 3.05) is 13.1 Å². The summed E-state index contributed by atoms with van der Waals surface area (Å²) >= 11 is 0. The van der Waals surface area contributed by atoms with E-state index in [4.69, 9.17) is 9.26 Å². The Morgan fingerprint density at radius 3 is 3.18 bits per heavy atom. The molecule has 2 atom stereocenters. The lowest BCUT2D eigenvalue weighted by molar-refractivity contribution is -0.0169. The van der Waals surface area contributed by atoms with E-state index in [1.54, 1.807) is 0 Å². The van der Waals surface area contributed by atoms with E-state index in [9.17, 15) is 0 Å². The minimum Gasteiger partial charge on any atom is -0.367 e. The standard InChI is InChI=1S/C12H21N3O2/c1-3-4-11-14-12(17-15-11)8-16-10-7-13-6-5-9(10)2/h9-10,13H,3-8H2,1-2H3. The average Bonchev–Trinajstić information content (AvgIpc) is 2.76. The Bertz CT molecular complexity index is 340. The summed E-state index contributed by atoms with van der Waals surface area (Å²) in [6.45, 7) is 6.75. The first-order valence-corrected chi connectivity index (χ1v) is 6.43. The van der Waals surface area contributed by atoms with Gasteiger partial charge in [-0.25, -0.2) is 0 Å². The number of aryl methyl sites for hydroxylation is 1. The highest BCUT2D eigenvalue weighted by atomic mass is 16.5. The van der Waals surface area contributed by atoms with Gasteiger partial charge in [0.25, 0.3) is 5.89 Å². The molecule has 0 bridgehead atoms. The maximum Gasteiger partial charge on any atom is 0.252 e. The van der Waals surface area contributed by atoms with E-state index >= 15 is 0 Å². The van der Waals surface area contributed by atoms with Crippen LogP contribution in [0, 0.1) is 5.92 Å². The highest BCUT2D eigenvalue weighted by molar-refractivity contribution is 4.85. The summed E-state index contributed by atoms with van der Waals surface area (Å²) in [5.41, 5.74) is 0. The molecule has 2 unspecified atom stereocenters. The maximum absolute atomic E-state index is 5.81. The predicted octanol–water partition coefficient (Wildman–Crippen LogP) is 1.54. The lowest BCUT2D eigenvalue weighted by atomic mass is 9.97. The van der Waals surface area contributed by atoms with E-state index in [0.29, 0.717) is 18.4 Å². The fourth-order valence-electron chi connectivity index (χ4n) is 2.04. The molecule has 1 aromatic rings. The molecule has 1 aliphatic heterocycles. The van der Waals surface area contributed by atoms with Gasteiger partial charge < -0.3 is 14.6 Å². The van der Waals surface area contributed by atoms with Gasteiger partial charge >= 0.3 is 0 Å². The molecular weight excluding hydrogens is 218 g/mol. The van der Waals surface area contributed by atoms with Gasteiger partial charge in [0.2, 0.25) is 0 Å². The number of hydrogen-bond acceptors (Lipinski definition) is 5. The van der Waals surface area contributed by atoms with Crippen LogP contribution in [0.4, 0.5) is 0 Å². The second kappa shape index (κ2) is 6.12. The Balaban J connectivity index is 1.79. The normalized spacial score (nSPS) is 25.1. The van der Waals surface area contributed by atoms with Crippen molar-refractivity contribution < 1.29 is 9.26 Å². The topological polar surface area (TPSA) is 60.2 Å². The zero-order valence-electron chi connectivity index (χ0n) is 10.6. The Kier molecular flexibility index (Phi) is 4.50. The van der Waals surface area contributed by atoms with Crippen LogP contribution in [-0.2, 0) is 17.8 Å². The fraction of sp³-hybridized carbons (Fsp3) is 0.833. The van der Waals surface area contributed by atoms with Crippen LogP contribution in [0.1, 0.15) is 38.4 Å². The van der Waals surface area contributed by atoms with Gasteiger partial charge in [-0.05, 0) is 25.3 Å². The van der Waals surface area contributed by atoms with Crippen molar-refractivity contribution in [2.24, 2.45) is 5.92 Å². The highest BCUT2D eigenvalue weighted by Gasteiger charge is 2.22. The molecule has 1 N–H and O–H groups in total. The minimum atomic E-state index is 0.255. The zero-order chi connectivity index (χ0) is 12.1. The van der Waals surface area contributed by atoms with Crippen molar-refractivity contribution in [3.05, 3.63) is 11.7 Å². The number of hydrogen-bond donors (Lipinski definition) is 1. The summed E-state index contributed by atoms with van der Waals surface area (Å²) in [6, 6.07) is 0. The Morgan fingerprint density at radius 2 is 2.41 bits per heavy atom. The van der Waals surface area contributed by atoms with Crippen molar-refractivity contribution in [3.8, 4) is 0 Å². The molecule has 96 valence electrons. The van der Waals surface area contributed by atoms with Crippen LogP contribution in [0.15, 0.2) is 4.52 Å². The molecule has 0 saturated carbocycles. The van der Waals surface area contributed by atoms with Crippen LogP contribution in [0.5, 0.6) is 0 Å². The van der Waals surface area contributed by atoms with Crippen LogP contribution in [0.3, 0.4) is 0 Å². The number of ether oxygens (including phenoxy) is 1. The maximum atomic E-state index is 5.81. The smallest absolute Gasteiger partial charge is 0.252 e. The summed E-state index contributed by atoms with van der Waals surface area (Å²) in [6.07, 6.45) is 3.31. The molecule has 5 heteroatoms. The minimum absolute atomic E-state index is 0.255. The van der Waals surface area contributed by atoms with E-state index < -0.39 is 0 Å². The molecule has 1 saturated heterocycles. The second-order valence-corrected chi connectivity index (χ2v) is 4.67. The molecule has 1 aromatic heterocycles. The van der Waals surface area contributed by atoms with E-state index in [1.165, 1.54) is 0 Å². The third-order valence-electron chi connectivity index (χ3n) is 3.16. The summed E-state index contributed by atoms with van der Waals surface area (Å²) < 4.78 is 11.0. The summed E-state index contributed by atoms with van der Waals surface area (Å²) in [5, 5.41) is 7.24. The van der Waals surface area contributed by atoms with E-state index in [2.05, 4.69) is 29.3 Å². The van der Waals surface area contributed by atoms with E-state index in [1.807, 2.05) is 0 Å². The van der Waals surface area contributed by atoms with Crippen LogP contribution >= 0.6 is 0 Å². The summed E-state index contributed by atoms with van der Waals surface area (Å²) in [5.74, 6) is 1.96. The van der Waals surface area contributed by atoms with Crippen LogP contribution in [-0.4, -0.2) is 29.3 Å². The van der Waals surface area contributed by atoms with Crippen molar-refractivity contribution in [3.63, 3.8) is 0 Å². The first-order chi connectivity index (χ1) is 8.29. The molecule has 0 radical (unpaired) electrons. The van der Waals surface area contributed by atoms with Crippen molar-refractivity contribution in [1.82, 2.24) is 15.5 Å². The van der Waals surface area contributed by atoms with Gasteiger partial charge in [0.15, 0.2) is 5.82 Å². The molecule has 0 aromatic carbocycles. The van der Waals surface area contributed by atoms with E-state index in [0.717, 1.165) is 38.2 Å². The van der Waals surface area contributed by atoms with Crippen molar-refractivity contribution >= 4 is 0 Å². The second-order valence-electron chi connectivity index (χ2n) is 4.67. The van der Waals surface area contributed by atoms with Gasteiger partial charge in [-0.1, -0.05) is 19.0 Å². The lowest BCUT2D eigenvalue weighted by Crippen LogP contribution is -2.40. The average molecular weight is 239 g/mol. The van der Waals surface area contributed by atoms with Gasteiger partial charge in [0.1, 0.15) is 6.61 Å². The molecule has 0 aliphatic carbocycles. The van der Waals surface area contributed by atoms with Gasteiger partial charge in [-0.3, -0.25) is 0 Å². The van der Waals surface area contributed by atoms with Gasteiger partial charge in [-0.2, -0.15) is 4.98 Å². The summed E-state index contributed by atoms with van der Waals surface area (Å²) in [7, 11) is 0. The molecule has 0 spiro atoms. The monoisotopic (exact) mass is 239 g/mol. The molecule has 17 heavy (non-hydrogen) atoms. The molecule has 1 fully saturated rings. The van der Waals surface area contributed by atoms with Crippen LogP contribution in [0.2, 0.25) is 0 Å². The fourth-order valence-corrected chi connectivity index (χ4v) is 2.04. The number of rotatable bonds is 5. The lowest BCUT2D eigenvalue weighted by Gasteiger charge is -2.28. The SMILES string of the molecule is CCCc1noc(COC2CNCCC2C)n1. The van der Waals surface area contributed by atoms with Crippen molar-refractivity contribution in [1.29, 1.82) is 0 Å². The largest absolute Gasteiger partial charge is 0.367 e. The highest BCUT2D eigenvalue weighted by Crippen LogP contribution is 2.16. The number of aromatic nitrogens is 2. The Hall–Kier alpha value is -0.940.